The van der Waals surface area contributed by atoms with Crippen molar-refractivity contribution in [3.8, 4) is 0 Å². The van der Waals surface area contributed by atoms with Gasteiger partial charge < -0.3 is 14.4 Å². The van der Waals surface area contributed by atoms with Gasteiger partial charge in [-0.1, -0.05) is 29.3 Å². The lowest BCUT2D eigenvalue weighted by molar-refractivity contribution is -0.153. The third kappa shape index (κ3) is 4.82. The minimum atomic E-state index is 0.170. The number of nitrogens with zero attached hydrogens (tertiary/aromatic N) is 3. The van der Waals surface area contributed by atoms with Crippen LogP contribution >= 0.6 is 23.2 Å². The van der Waals surface area contributed by atoms with Crippen molar-refractivity contribution in [2.45, 2.75) is 43.8 Å². The molecule has 4 aliphatic heterocycles. The SMILES string of the molecule is O=C(Cc1ccc(Cl)c(Cl)c1)N1CCN(CCC2COC2)[C@@H]2COC[C@H](N3CCCC3)[C@H]21. The van der Waals surface area contributed by atoms with Crippen LogP contribution in [-0.2, 0) is 20.7 Å². The summed E-state index contributed by atoms with van der Waals surface area (Å²) in [6.45, 7) is 8.13. The number of benzene rings is 1. The van der Waals surface area contributed by atoms with Gasteiger partial charge in [0.05, 0.1) is 61.0 Å². The number of likely N-dealkylation sites (tertiary alicyclic amines) is 1. The lowest BCUT2D eigenvalue weighted by Gasteiger charge is -2.54. The standard InChI is InChI=1S/C24H33Cl2N3O3/c25-19-4-3-17(11-20(19)26)12-23(30)29-10-9-28(8-5-18-13-31-14-18)22-16-32-15-21(24(22)29)27-6-1-2-7-27/h3-4,11,18,21-22,24H,1-2,5-10,12-16H2/t21-,22+,24+/m0/s1. The maximum atomic E-state index is 13.6. The van der Waals surface area contributed by atoms with Crippen LogP contribution in [0, 0.1) is 5.92 Å². The molecule has 4 aliphatic rings. The third-order valence-electron chi connectivity index (χ3n) is 7.62. The number of amides is 1. The molecular weight excluding hydrogens is 449 g/mol. The van der Waals surface area contributed by atoms with E-state index in [1.807, 2.05) is 12.1 Å². The van der Waals surface area contributed by atoms with E-state index in [-0.39, 0.29) is 24.0 Å². The molecule has 0 unspecified atom stereocenters. The molecule has 32 heavy (non-hydrogen) atoms. The monoisotopic (exact) mass is 481 g/mol. The van der Waals surface area contributed by atoms with Gasteiger partial charge in [-0.05, 0) is 56.6 Å². The summed E-state index contributed by atoms with van der Waals surface area (Å²) in [5, 5.41) is 1.02. The fourth-order valence-electron chi connectivity index (χ4n) is 5.74. The highest BCUT2D eigenvalue weighted by Gasteiger charge is 2.47. The van der Waals surface area contributed by atoms with Crippen molar-refractivity contribution in [2.24, 2.45) is 5.92 Å². The highest BCUT2D eigenvalue weighted by molar-refractivity contribution is 6.42. The topological polar surface area (TPSA) is 45.3 Å². The molecular formula is C24H33Cl2N3O3. The van der Waals surface area contributed by atoms with Crippen LogP contribution in [0.15, 0.2) is 18.2 Å². The summed E-state index contributed by atoms with van der Waals surface area (Å²) in [6, 6.07) is 6.19. The van der Waals surface area contributed by atoms with Gasteiger partial charge in [-0.15, -0.1) is 0 Å². The van der Waals surface area contributed by atoms with E-state index in [9.17, 15) is 4.79 Å². The van der Waals surface area contributed by atoms with E-state index in [1.54, 1.807) is 6.07 Å². The molecule has 0 spiro atoms. The van der Waals surface area contributed by atoms with Gasteiger partial charge in [0, 0.05) is 19.0 Å². The Morgan fingerprint density at radius 2 is 1.69 bits per heavy atom. The molecule has 8 heteroatoms. The number of hydrogen-bond donors (Lipinski definition) is 0. The quantitative estimate of drug-likeness (QED) is 0.624. The molecule has 3 atom stereocenters. The number of carbonyl (C=O) groups is 1. The molecule has 4 saturated heterocycles. The van der Waals surface area contributed by atoms with Gasteiger partial charge in [0.2, 0.25) is 5.91 Å². The Hall–Kier alpha value is -0.890. The average Bonchev–Trinajstić information content (AvgIpc) is 3.29. The first-order chi connectivity index (χ1) is 15.6. The molecule has 0 bridgehead atoms. The second-order valence-electron chi connectivity index (χ2n) is 9.65. The van der Waals surface area contributed by atoms with E-state index >= 15 is 0 Å². The highest BCUT2D eigenvalue weighted by Crippen LogP contribution is 2.31. The number of halogens is 2. The Kier molecular flexibility index (Phi) is 7.27. The molecule has 6 nitrogen and oxygen atoms in total. The molecule has 0 aromatic heterocycles. The van der Waals surface area contributed by atoms with Gasteiger partial charge in [-0.2, -0.15) is 0 Å². The molecule has 5 rings (SSSR count). The van der Waals surface area contributed by atoms with E-state index in [0.717, 1.165) is 57.9 Å². The minimum absolute atomic E-state index is 0.170. The molecule has 1 amide bonds. The zero-order chi connectivity index (χ0) is 22.1. The van der Waals surface area contributed by atoms with E-state index in [2.05, 4.69) is 14.7 Å². The normalized spacial score (nSPS) is 29.7. The second kappa shape index (κ2) is 10.2. The predicted octanol–water partition coefficient (Wildman–Crippen LogP) is 2.95. The van der Waals surface area contributed by atoms with Crippen molar-refractivity contribution in [2.75, 3.05) is 59.2 Å². The first-order valence-electron chi connectivity index (χ1n) is 12.0. The van der Waals surface area contributed by atoms with Crippen molar-refractivity contribution in [3.05, 3.63) is 33.8 Å². The van der Waals surface area contributed by atoms with Crippen LogP contribution in [0.2, 0.25) is 10.0 Å². The molecule has 1 aromatic rings. The van der Waals surface area contributed by atoms with Crippen LogP contribution in [0.25, 0.3) is 0 Å². The minimum Gasteiger partial charge on any atom is -0.381 e. The van der Waals surface area contributed by atoms with Crippen LogP contribution < -0.4 is 0 Å². The van der Waals surface area contributed by atoms with Crippen molar-refractivity contribution in [1.82, 2.24) is 14.7 Å². The Morgan fingerprint density at radius 3 is 2.41 bits per heavy atom. The number of ether oxygens (including phenoxy) is 2. The molecule has 1 aromatic carbocycles. The van der Waals surface area contributed by atoms with Crippen LogP contribution in [0.4, 0.5) is 0 Å². The molecule has 4 heterocycles. The number of hydrogen-bond acceptors (Lipinski definition) is 5. The largest absolute Gasteiger partial charge is 0.381 e. The van der Waals surface area contributed by atoms with Gasteiger partial charge in [0.1, 0.15) is 0 Å². The Bertz CT molecular complexity index is 816. The van der Waals surface area contributed by atoms with Crippen molar-refractivity contribution >= 4 is 29.1 Å². The first kappa shape index (κ1) is 22.9. The fourth-order valence-corrected chi connectivity index (χ4v) is 6.06. The summed E-state index contributed by atoms with van der Waals surface area (Å²) in [5.41, 5.74) is 0.915. The Labute approximate surface area is 200 Å². The molecule has 176 valence electrons. The summed E-state index contributed by atoms with van der Waals surface area (Å²) in [6.07, 6.45) is 3.98. The molecule has 0 aliphatic carbocycles. The third-order valence-corrected chi connectivity index (χ3v) is 8.36. The van der Waals surface area contributed by atoms with Gasteiger partial charge in [0.15, 0.2) is 0 Å². The van der Waals surface area contributed by atoms with Crippen LogP contribution in [0.1, 0.15) is 24.8 Å². The summed E-state index contributed by atoms with van der Waals surface area (Å²) in [7, 11) is 0. The smallest absolute Gasteiger partial charge is 0.227 e. The lowest BCUT2D eigenvalue weighted by atomic mass is 9.90. The Morgan fingerprint density at radius 1 is 0.938 bits per heavy atom. The molecule has 4 fully saturated rings. The molecule has 0 radical (unpaired) electrons. The number of piperazine rings is 1. The van der Waals surface area contributed by atoms with E-state index in [0.29, 0.717) is 35.6 Å². The predicted molar refractivity (Wildman–Crippen MR) is 125 cm³/mol. The van der Waals surface area contributed by atoms with Crippen molar-refractivity contribution in [3.63, 3.8) is 0 Å². The highest BCUT2D eigenvalue weighted by atomic mass is 35.5. The van der Waals surface area contributed by atoms with Crippen molar-refractivity contribution in [1.29, 1.82) is 0 Å². The summed E-state index contributed by atoms with van der Waals surface area (Å²) >= 11 is 12.3. The van der Waals surface area contributed by atoms with Crippen LogP contribution in [0.5, 0.6) is 0 Å². The second-order valence-corrected chi connectivity index (χ2v) is 10.5. The summed E-state index contributed by atoms with van der Waals surface area (Å²) < 4.78 is 11.5. The lowest BCUT2D eigenvalue weighted by Crippen LogP contribution is -2.71. The maximum absolute atomic E-state index is 13.6. The molecule has 0 saturated carbocycles. The van der Waals surface area contributed by atoms with Gasteiger partial charge in [-0.25, -0.2) is 0 Å². The number of carbonyl (C=O) groups excluding carboxylic acids is 1. The van der Waals surface area contributed by atoms with Gasteiger partial charge in [0.25, 0.3) is 0 Å². The van der Waals surface area contributed by atoms with E-state index < -0.39 is 0 Å². The fraction of sp³-hybridized carbons (Fsp3) is 0.708. The first-order valence-corrected chi connectivity index (χ1v) is 12.7. The van der Waals surface area contributed by atoms with E-state index in [1.165, 1.54) is 12.8 Å². The van der Waals surface area contributed by atoms with Gasteiger partial charge in [-0.3, -0.25) is 14.6 Å². The Balaban J connectivity index is 1.34. The summed E-state index contributed by atoms with van der Waals surface area (Å²) in [5.74, 6) is 0.859. The zero-order valence-electron chi connectivity index (χ0n) is 18.6. The van der Waals surface area contributed by atoms with Crippen LogP contribution in [0.3, 0.4) is 0 Å². The van der Waals surface area contributed by atoms with E-state index in [4.69, 9.17) is 32.7 Å². The zero-order valence-corrected chi connectivity index (χ0v) is 20.1. The number of rotatable bonds is 6. The van der Waals surface area contributed by atoms with Crippen LogP contribution in [-0.4, -0.2) is 97.9 Å². The van der Waals surface area contributed by atoms with Crippen molar-refractivity contribution < 1.29 is 14.3 Å². The molecule has 0 N–H and O–H groups in total. The average molecular weight is 482 g/mol. The van der Waals surface area contributed by atoms with Gasteiger partial charge >= 0.3 is 0 Å². The number of fused-ring (bicyclic) bond motifs is 1. The summed E-state index contributed by atoms with van der Waals surface area (Å²) in [4.78, 5) is 20.8. The maximum Gasteiger partial charge on any atom is 0.227 e.